The number of nitrogens with zero attached hydrogens (tertiary/aromatic N) is 2. The van der Waals surface area contributed by atoms with Crippen LogP contribution in [0.15, 0.2) is 29.2 Å². The number of carbonyl (C=O) groups is 2. The first kappa shape index (κ1) is 23.0. The van der Waals surface area contributed by atoms with Crippen LogP contribution >= 0.6 is 0 Å². The van der Waals surface area contributed by atoms with Gasteiger partial charge in [-0.25, -0.2) is 8.42 Å². The van der Waals surface area contributed by atoms with Crippen molar-refractivity contribution >= 4 is 21.7 Å². The van der Waals surface area contributed by atoms with Gasteiger partial charge in [-0.3, -0.25) is 14.5 Å². The molecule has 1 heterocycles. The molecule has 1 aromatic carbocycles. The number of hydrogen-bond acceptors (Lipinski definition) is 5. The van der Waals surface area contributed by atoms with Crippen LogP contribution in [0.5, 0.6) is 0 Å². The SMILES string of the molecule is CC(=O)c1ccc(S(=O)(=O)N2CCN([C@H](C)C(=O)NC34CC5CC(CC(C5)C3)C4)CC2)cc1. The molecule has 7 nitrogen and oxygen atoms in total. The second-order valence-corrected chi connectivity index (χ2v) is 12.8. The number of carbonyl (C=O) groups excluding carboxylic acids is 2. The number of Topliss-reactive ketones (excluding diaryl/α,β-unsaturated/α-hetero) is 1. The van der Waals surface area contributed by atoms with Crippen LogP contribution in [0, 0.1) is 17.8 Å². The van der Waals surface area contributed by atoms with Gasteiger partial charge in [0.05, 0.1) is 10.9 Å². The number of hydrogen-bond donors (Lipinski definition) is 1. The lowest BCUT2D eigenvalue weighted by Crippen LogP contribution is -2.63. The van der Waals surface area contributed by atoms with Crippen molar-refractivity contribution < 1.29 is 18.0 Å². The Bertz CT molecular complexity index is 993. The molecule has 1 atom stereocenters. The Morgan fingerprint density at radius 3 is 1.94 bits per heavy atom. The van der Waals surface area contributed by atoms with Crippen molar-refractivity contribution in [1.29, 1.82) is 0 Å². The number of benzene rings is 1. The van der Waals surface area contributed by atoms with E-state index in [1.807, 2.05) is 6.92 Å². The summed E-state index contributed by atoms with van der Waals surface area (Å²) in [5, 5.41) is 3.46. The molecule has 4 bridgehead atoms. The third-order valence-electron chi connectivity index (χ3n) is 8.53. The number of nitrogens with one attached hydrogen (secondary N) is 1. The van der Waals surface area contributed by atoms with Gasteiger partial charge in [0, 0.05) is 37.3 Å². The van der Waals surface area contributed by atoms with E-state index in [4.69, 9.17) is 0 Å². The van der Waals surface area contributed by atoms with Crippen molar-refractivity contribution in [2.45, 2.75) is 68.8 Å². The predicted molar refractivity (Wildman–Crippen MR) is 125 cm³/mol. The van der Waals surface area contributed by atoms with E-state index < -0.39 is 10.0 Å². The van der Waals surface area contributed by atoms with Crippen molar-refractivity contribution in [2.24, 2.45) is 17.8 Å². The highest BCUT2D eigenvalue weighted by Crippen LogP contribution is 2.55. The summed E-state index contributed by atoms with van der Waals surface area (Å²) in [5.41, 5.74) is 0.495. The van der Waals surface area contributed by atoms with Gasteiger partial charge in [0.25, 0.3) is 0 Å². The lowest BCUT2D eigenvalue weighted by atomic mass is 9.53. The largest absolute Gasteiger partial charge is 0.349 e. The molecule has 5 aliphatic rings. The summed E-state index contributed by atoms with van der Waals surface area (Å²) in [6.07, 6.45) is 7.43. The normalized spacial score (nSPS) is 33.1. The van der Waals surface area contributed by atoms with Gasteiger partial charge in [-0.05, 0) is 82.3 Å². The molecule has 0 unspecified atom stereocenters. The highest BCUT2D eigenvalue weighted by atomic mass is 32.2. The van der Waals surface area contributed by atoms with Gasteiger partial charge in [0.15, 0.2) is 5.78 Å². The van der Waals surface area contributed by atoms with E-state index in [1.165, 1.54) is 42.6 Å². The number of rotatable bonds is 6. The maximum Gasteiger partial charge on any atom is 0.243 e. The molecule has 0 spiro atoms. The van der Waals surface area contributed by atoms with Crippen LogP contribution in [-0.2, 0) is 14.8 Å². The molecule has 33 heavy (non-hydrogen) atoms. The third-order valence-corrected chi connectivity index (χ3v) is 10.4. The zero-order chi connectivity index (χ0) is 23.4. The number of sulfonamides is 1. The summed E-state index contributed by atoms with van der Waals surface area (Å²) >= 11 is 0. The standard InChI is InChI=1S/C25H35N3O4S/c1-17(24(30)26-25-14-19-11-20(15-25)13-21(12-19)16-25)27-7-9-28(10-8-27)33(31,32)23-5-3-22(4-6-23)18(2)29/h3-6,17,19-21H,7-16H2,1-2H3,(H,26,30)/t17-,19?,20?,21?,25?/m1/s1. The molecule has 4 aliphatic carbocycles. The molecule has 1 N–H and O–H groups in total. The van der Waals surface area contributed by atoms with Crippen LogP contribution in [0.3, 0.4) is 0 Å². The van der Waals surface area contributed by atoms with Crippen molar-refractivity contribution in [3.8, 4) is 0 Å². The van der Waals surface area contributed by atoms with Crippen molar-refractivity contribution in [1.82, 2.24) is 14.5 Å². The summed E-state index contributed by atoms with van der Waals surface area (Å²) < 4.78 is 27.6. The molecular formula is C25H35N3O4S. The summed E-state index contributed by atoms with van der Waals surface area (Å²) in [4.78, 5) is 27.0. The van der Waals surface area contributed by atoms with Gasteiger partial charge in [-0.1, -0.05) is 12.1 Å². The molecule has 5 fully saturated rings. The molecule has 1 amide bonds. The fraction of sp³-hybridized carbons (Fsp3) is 0.680. The van der Waals surface area contributed by atoms with Crippen LogP contribution in [0.25, 0.3) is 0 Å². The zero-order valence-corrected chi connectivity index (χ0v) is 20.4. The quantitative estimate of drug-likeness (QED) is 0.642. The molecule has 6 rings (SSSR count). The van der Waals surface area contributed by atoms with Crippen molar-refractivity contribution in [3.05, 3.63) is 29.8 Å². The average molecular weight is 474 g/mol. The maximum absolute atomic E-state index is 13.2. The van der Waals surface area contributed by atoms with Gasteiger partial charge < -0.3 is 5.32 Å². The van der Waals surface area contributed by atoms with Crippen molar-refractivity contribution in [3.63, 3.8) is 0 Å². The molecule has 4 saturated carbocycles. The van der Waals surface area contributed by atoms with Gasteiger partial charge in [0.2, 0.25) is 15.9 Å². The fourth-order valence-corrected chi connectivity index (χ4v) is 8.56. The molecule has 1 aliphatic heterocycles. The molecule has 1 saturated heterocycles. The van der Waals surface area contributed by atoms with E-state index in [9.17, 15) is 18.0 Å². The molecule has 180 valence electrons. The number of amides is 1. The smallest absolute Gasteiger partial charge is 0.243 e. The van der Waals surface area contributed by atoms with Crippen LogP contribution in [0.1, 0.15) is 62.7 Å². The van der Waals surface area contributed by atoms with Crippen LogP contribution in [0.2, 0.25) is 0 Å². The van der Waals surface area contributed by atoms with Gasteiger partial charge in [-0.2, -0.15) is 4.31 Å². The Kier molecular flexibility index (Phi) is 5.90. The monoisotopic (exact) mass is 473 g/mol. The topological polar surface area (TPSA) is 86.8 Å². The highest BCUT2D eigenvalue weighted by Gasteiger charge is 2.52. The maximum atomic E-state index is 13.2. The Morgan fingerprint density at radius 1 is 0.939 bits per heavy atom. The fourth-order valence-electron chi connectivity index (χ4n) is 7.14. The predicted octanol–water partition coefficient (Wildman–Crippen LogP) is 2.67. The van der Waals surface area contributed by atoms with E-state index in [0.717, 1.165) is 37.0 Å². The minimum atomic E-state index is -3.62. The molecule has 8 heteroatoms. The summed E-state index contributed by atoms with van der Waals surface area (Å²) in [6.45, 7) is 5.17. The van der Waals surface area contributed by atoms with Crippen molar-refractivity contribution in [2.75, 3.05) is 26.2 Å². The Hall–Kier alpha value is -1.77. The molecular weight excluding hydrogens is 438 g/mol. The van der Waals surface area contributed by atoms with Crippen LogP contribution < -0.4 is 5.32 Å². The van der Waals surface area contributed by atoms with E-state index in [-0.39, 0.29) is 28.2 Å². The average Bonchev–Trinajstić information content (AvgIpc) is 2.77. The lowest BCUT2D eigenvalue weighted by molar-refractivity contribution is -0.132. The first-order valence-electron chi connectivity index (χ1n) is 12.3. The van der Waals surface area contributed by atoms with Gasteiger partial charge in [0.1, 0.15) is 0 Å². The Labute approximate surface area is 196 Å². The third kappa shape index (κ3) is 4.37. The summed E-state index contributed by atoms with van der Waals surface area (Å²) in [6, 6.07) is 5.85. The number of piperazine rings is 1. The molecule has 1 aromatic rings. The summed E-state index contributed by atoms with van der Waals surface area (Å²) in [5.74, 6) is 2.35. The van der Waals surface area contributed by atoms with E-state index in [2.05, 4.69) is 10.2 Å². The second kappa shape index (κ2) is 8.47. The highest BCUT2D eigenvalue weighted by molar-refractivity contribution is 7.89. The Morgan fingerprint density at radius 2 is 1.45 bits per heavy atom. The molecule has 0 radical (unpaired) electrons. The second-order valence-electron chi connectivity index (χ2n) is 10.9. The number of ketones is 1. The van der Waals surface area contributed by atoms with E-state index in [0.29, 0.717) is 31.7 Å². The molecule has 0 aromatic heterocycles. The minimum Gasteiger partial charge on any atom is -0.349 e. The zero-order valence-electron chi connectivity index (χ0n) is 19.6. The van der Waals surface area contributed by atoms with E-state index >= 15 is 0 Å². The first-order chi connectivity index (χ1) is 15.6. The Balaban J connectivity index is 1.18. The van der Waals surface area contributed by atoms with Crippen LogP contribution in [-0.4, -0.2) is 67.1 Å². The van der Waals surface area contributed by atoms with E-state index in [1.54, 1.807) is 12.1 Å². The summed E-state index contributed by atoms with van der Waals surface area (Å²) in [7, 11) is -3.62. The van der Waals surface area contributed by atoms with Gasteiger partial charge >= 0.3 is 0 Å². The first-order valence-corrected chi connectivity index (χ1v) is 13.8. The lowest BCUT2D eigenvalue weighted by Gasteiger charge is -2.57. The minimum absolute atomic E-state index is 0.00269. The van der Waals surface area contributed by atoms with Crippen LogP contribution in [0.4, 0.5) is 0 Å². The van der Waals surface area contributed by atoms with Gasteiger partial charge in [-0.15, -0.1) is 0 Å².